The van der Waals surface area contributed by atoms with E-state index in [1.54, 1.807) is 0 Å². The molecule has 3 aromatic rings. The molecule has 0 atom stereocenters. The average Bonchev–Trinajstić information content (AvgIpc) is 2.72. The molecule has 0 saturated heterocycles. The number of amides is 1. The molecule has 148 valence electrons. The topological polar surface area (TPSA) is 50.7 Å². The highest BCUT2D eigenvalue weighted by molar-refractivity contribution is 9.11. The van der Waals surface area contributed by atoms with Gasteiger partial charge in [-0.05, 0) is 64.2 Å². The van der Waals surface area contributed by atoms with Crippen molar-refractivity contribution < 1.29 is 9.53 Å². The molecule has 6 heteroatoms. The summed E-state index contributed by atoms with van der Waals surface area (Å²) >= 11 is 6.87. The van der Waals surface area contributed by atoms with E-state index in [2.05, 4.69) is 54.5 Å². The zero-order valence-corrected chi connectivity index (χ0v) is 19.2. The number of aryl methyl sites for hydroxylation is 1. The lowest BCUT2D eigenvalue weighted by Gasteiger charge is -2.11. The van der Waals surface area contributed by atoms with Gasteiger partial charge in [-0.3, -0.25) is 4.79 Å². The van der Waals surface area contributed by atoms with Gasteiger partial charge in [0.2, 0.25) is 0 Å². The first-order chi connectivity index (χ1) is 13.9. The summed E-state index contributed by atoms with van der Waals surface area (Å²) in [5.41, 5.74) is 7.43. The van der Waals surface area contributed by atoms with Crippen LogP contribution >= 0.6 is 31.9 Å². The SMILES string of the molecule is CC(=NNC(=O)COc1c(C)cc(Br)cc1Br)c1ccc(-c2ccccc2)cc1. The molecule has 3 rings (SSSR count). The van der Waals surface area contributed by atoms with E-state index in [1.165, 1.54) is 0 Å². The number of halogens is 2. The molecule has 29 heavy (non-hydrogen) atoms. The van der Waals surface area contributed by atoms with Crippen molar-refractivity contribution in [1.29, 1.82) is 0 Å². The zero-order chi connectivity index (χ0) is 20.8. The summed E-state index contributed by atoms with van der Waals surface area (Å²) in [6.07, 6.45) is 0. The second kappa shape index (κ2) is 9.85. The molecule has 0 unspecified atom stereocenters. The lowest BCUT2D eigenvalue weighted by molar-refractivity contribution is -0.123. The predicted octanol–water partition coefficient (Wildman–Crippen LogP) is 6.11. The third-order valence-corrected chi connectivity index (χ3v) is 5.35. The molecule has 0 radical (unpaired) electrons. The Balaban J connectivity index is 1.59. The van der Waals surface area contributed by atoms with Gasteiger partial charge in [0, 0.05) is 4.47 Å². The van der Waals surface area contributed by atoms with Crippen molar-refractivity contribution in [2.24, 2.45) is 5.10 Å². The summed E-state index contributed by atoms with van der Waals surface area (Å²) in [5, 5.41) is 4.19. The molecule has 3 aromatic carbocycles. The Morgan fingerprint density at radius 3 is 2.31 bits per heavy atom. The van der Waals surface area contributed by atoms with Crippen LogP contribution in [0.1, 0.15) is 18.1 Å². The van der Waals surface area contributed by atoms with Crippen molar-refractivity contribution in [1.82, 2.24) is 5.43 Å². The number of benzene rings is 3. The molecule has 0 fully saturated rings. The van der Waals surface area contributed by atoms with Crippen LogP contribution in [0.4, 0.5) is 0 Å². The molecule has 0 bridgehead atoms. The number of ether oxygens (including phenoxy) is 1. The van der Waals surface area contributed by atoms with Crippen molar-refractivity contribution >= 4 is 43.5 Å². The number of rotatable bonds is 6. The maximum Gasteiger partial charge on any atom is 0.277 e. The number of nitrogens with one attached hydrogen (secondary N) is 1. The normalized spacial score (nSPS) is 11.2. The maximum atomic E-state index is 12.1. The molecule has 0 aliphatic rings. The molecule has 4 nitrogen and oxygen atoms in total. The molecule has 1 amide bonds. The fourth-order valence-corrected chi connectivity index (χ4v) is 4.34. The van der Waals surface area contributed by atoms with Gasteiger partial charge < -0.3 is 4.74 Å². The van der Waals surface area contributed by atoms with Crippen LogP contribution < -0.4 is 10.2 Å². The van der Waals surface area contributed by atoms with Gasteiger partial charge in [-0.1, -0.05) is 70.5 Å². The van der Waals surface area contributed by atoms with Crippen LogP contribution in [0, 0.1) is 6.92 Å². The number of hydrogen-bond donors (Lipinski definition) is 1. The summed E-state index contributed by atoms with van der Waals surface area (Å²) in [6, 6.07) is 22.1. The Morgan fingerprint density at radius 1 is 1.00 bits per heavy atom. The molecule has 0 heterocycles. The molecule has 0 spiro atoms. The first-order valence-corrected chi connectivity index (χ1v) is 10.6. The number of hydrazone groups is 1. The van der Waals surface area contributed by atoms with Gasteiger partial charge in [-0.2, -0.15) is 5.10 Å². The van der Waals surface area contributed by atoms with Gasteiger partial charge in [0.25, 0.3) is 5.91 Å². The van der Waals surface area contributed by atoms with E-state index in [0.29, 0.717) is 5.75 Å². The standard InChI is InChI=1S/C23H20Br2N2O2/c1-15-12-20(24)13-21(25)23(15)29-14-22(28)27-26-16(2)17-8-10-19(11-9-17)18-6-4-3-5-7-18/h3-13H,14H2,1-2H3,(H,27,28). The Hall–Kier alpha value is -2.44. The summed E-state index contributed by atoms with van der Waals surface area (Å²) in [7, 11) is 0. The highest BCUT2D eigenvalue weighted by Crippen LogP contribution is 2.32. The quantitative estimate of drug-likeness (QED) is 0.318. The minimum Gasteiger partial charge on any atom is -0.482 e. The Morgan fingerprint density at radius 2 is 1.66 bits per heavy atom. The number of carbonyl (C=O) groups is 1. The van der Waals surface area contributed by atoms with E-state index in [4.69, 9.17) is 4.74 Å². The average molecular weight is 516 g/mol. The van der Waals surface area contributed by atoms with E-state index in [-0.39, 0.29) is 12.5 Å². The van der Waals surface area contributed by atoms with Gasteiger partial charge in [-0.15, -0.1) is 0 Å². The maximum absolute atomic E-state index is 12.1. The molecule has 0 saturated carbocycles. The molecule has 0 aromatic heterocycles. The third-order valence-electron chi connectivity index (χ3n) is 4.30. The lowest BCUT2D eigenvalue weighted by Crippen LogP contribution is -2.25. The molecular formula is C23H20Br2N2O2. The predicted molar refractivity (Wildman–Crippen MR) is 124 cm³/mol. The van der Waals surface area contributed by atoms with Gasteiger partial charge in [0.1, 0.15) is 5.75 Å². The van der Waals surface area contributed by atoms with Crippen LogP contribution in [0.3, 0.4) is 0 Å². The summed E-state index contributed by atoms with van der Waals surface area (Å²) in [4.78, 5) is 12.1. The van der Waals surface area contributed by atoms with Crippen LogP contribution in [-0.4, -0.2) is 18.2 Å². The smallest absolute Gasteiger partial charge is 0.277 e. The number of nitrogens with zero attached hydrogens (tertiary/aromatic N) is 1. The molecular weight excluding hydrogens is 496 g/mol. The Kier molecular flexibility index (Phi) is 7.23. The van der Waals surface area contributed by atoms with Crippen molar-refractivity contribution in [3.05, 3.63) is 86.8 Å². The van der Waals surface area contributed by atoms with Crippen LogP contribution in [-0.2, 0) is 4.79 Å². The van der Waals surface area contributed by atoms with Gasteiger partial charge >= 0.3 is 0 Å². The first kappa shape index (κ1) is 21.3. The Bertz CT molecular complexity index is 1010. The van der Waals surface area contributed by atoms with E-state index < -0.39 is 0 Å². The molecule has 0 aliphatic heterocycles. The number of carbonyl (C=O) groups excluding carboxylic acids is 1. The fourth-order valence-electron chi connectivity index (χ4n) is 2.79. The van der Waals surface area contributed by atoms with Crippen molar-refractivity contribution in [3.63, 3.8) is 0 Å². The first-order valence-electron chi connectivity index (χ1n) is 9.01. The molecule has 1 N–H and O–H groups in total. The monoisotopic (exact) mass is 514 g/mol. The minimum absolute atomic E-state index is 0.120. The van der Waals surface area contributed by atoms with Crippen LogP contribution in [0.15, 0.2) is 80.8 Å². The summed E-state index contributed by atoms with van der Waals surface area (Å²) < 4.78 is 7.37. The highest BCUT2D eigenvalue weighted by atomic mass is 79.9. The summed E-state index contributed by atoms with van der Waals surface area (Å²) in [5.74, 6) is 0.319. The van der Waals surface area contributed by atoms with E-state index in [9.17, 15) is 4.79 Å². The second-order valence-electron chi connectivity index (χ2n) is 6.50. The fraction of sp³-hybridized carbons (Fsp3) is 0.130. The minimum atomic E-state index is -0.320. The van der Waals surface area contributed by atoms with Crippen LogP contribution in [0.2, 0.25) is 0 Å². The van der Waals surface area contributed by atoms with Crippen molar-refractivity contribution in [2.45, 2.75) is 13.8 Å². The second-order valence-corrected chi connectivity index (χ2v) is 8.27. The molecule has 0 aliphatic carbocycles. The third kappa shape index (κ3) is 5.78. The van der Waals surface area contributed by atoms with Crippen LogP contribution in [0.25, 0.3) is 11.1 Å². The number of hydrogen-bond acceptors (Lipinski definition) is 3. The van der Waals surface area contributed by atoms with Crippen molar-refractivity contribution in [3.8, 4) is 16.9 Å². The van der Waals surface area contributed by atoms with E-state index in [1.807, 2.05) is 68.4 Å². The van der Waals surface area contributed by atoms with E-state index >= 15 is 0 Å². The van der Waals surface area contributed by atoms with Gasteiger partial charge in [-0.25, -0.2) is 5.43 Å². The zero-order valence-electron chi connectivity index (χ0n) is 16.1. The Labute approximate surface area is 187 Å². The highest BCUT2D eigenvalue weighted by Gasteiger charge is 2.09. The summed E-state index contributed by atoms with van der Waals surface area (Å²) in [6.45, 7) is 3.66. The van der Waals surface area contributed by atoms with Crippen molar-refractivity contribution in [2.75, 3.05) is 6.61 Å². The van der Waals surface area contributed by atoms with Gasteiger partial charge in [0.05, 0.1) is 10.2 Å². The van der Waals surface area contributed by atoms with E-state index in [0.717, 1.165) is 36.9 Å². The van der Waals surface area contributed by atoms with Gasteiger partial charge in [0.15, 0.2) is 6.61 Å². The van der Waals surface area contributed by atoms with Crippen LogP contribution in [0.5, 0.6) is 5.75 Å². The lowest BCUT2D eigenvalue weighted by atomic mass is 10.0. The largest absolute Gasteiger partial charge is 0.482 e.